The molecule has 0 unspecified atom stereocenters. The summed E-state index contributed by atoms with van der Waals surface area (Å²) in [5.41, 5.74) is 7.01. The van der Waals surface area contributed by atoms with Gasteiger partial charge in [-0.1, -0.05) is 0 Å². The van der Waals surface area contributed by atoms with Crippen LogP contribution >= 0.6 is 0 Å². The maximum Gasteiger partial charge on any atom is 0.404 e. The molecule has 5 nitrogen and oxygen atoms in total. The van der Waals surface area contributed by atoms with E-state index in [0.29, 0.717) is 16.8 Å². The Labute approximate surface area is 80.8 Å². The number of anilines is 1. The van der Waals surface area contributed by atoms with Gasteiger partial charge in [0.25, 0.3) is 0 Å². The van der Waals surface area contributed by atoms with Crippen molar-refractivity contribution in [2.45, 2.75) is 6.54 Å². The second kappa shape index (κ2) is 4.14. The van der Waals surface area contributed by atoms with Gasteiger partial charge >= 0.3 is 6.09 Å². The van der Waals surface area contributed by atoms with Crippen molar-refractivity contribution in [3.05, 3.63) is 29.3 Å². The highest BCUT2D eigenvalue weighted by atomic mass is 16.4. The normalized spacial score (nSPS) is 9.07. The smallest absolute Gasteiger partial charge is 0.404 e. The van der Waals surface area contributed by atoms with Crippen molar-refractivity contribution in [2.24, 2.45) is 0 Å². The van der Waals surface area contributed by atoms with Crippen LogP contribution in [0.2, 0.25) is 0 Å². The third kappa shape index (κ3) is 2.38. The molecule has 0 atom stereocenters. The van der Waals surface area contributed by atoms with Gasteiger partial charge < -0.3 is 16.2 Å². The Balaban J connectivity index is 2.89. The first-order valence-corrected chi connectivity index (χ1v) is 3.89. The van der Waals surface area contributed by atoms with E-state index in [1.54, 1.807) is 18.2 Å². The van der Waals surface area contributed by atoms with Crippen LogP contribution in [0.5, 0.6) is 0 Å². The first kappa shape index (κ1) is 9.86. The zero-order valence-corrected chi connectivity index (χ0v) is 7.32. The number of hydrogen-bond acceptors (Lipinski definition) is 3. The number of nitriles is 1. The average Bonchev–Trinajstić information content (AvgIpc) is 2.15. The number of nitrogens with zero attached hydrogens (tertiary/aromatic N) is 1. The number of benzene rings is 1. The molecule has 72 valence electrons. The number of nitrogens with one attached hydrogen (secondary N) is 1. The molecule has 4 N–H and O–H groups in total. The van der Waals surface area contributed by atoms with Crippen LogP contribution in [-0.2, 0) is 6.54 Å². The monoisotopic (exact) mass is 191 g/mol. The summed E-state index contributed by atoms with van der Waals surface area (Å²) in [4.78, 5) is 10.2. The summed E-state index contributed by atoms with van der Waals surface area (Å²) >= 11 is 0. The number of rotatable bonds is 2. The Morgan fingerprint density at radius 2 is 2.36 bits per heavy atom. The number of amides is 1. The lowest BCUT2D eigenvalue weighted by Gasteiger charge is -2.04. The van der Waals surface area contributed by atoms with Gasteiger partial charge in [-0.15, -0.1) is 0 Å². The standard InChI is InChI=1S/C9H9N3O2/c10-4-6-1-2-8(11)3-7(6)5-12-9(13)14/h1-3,12H,5,11H2,(H,13,14). The van der Waals surface area contributed by atoms with Gasteiger partial charge in [0.1, 0.15) is 0 Å². The molecule has 1 aromatic rings. The number of nitrogens with two attached hydrogens (primary N) is 1. The molecule has 0 heterocycles. The lowest BCUT2D eigenvalue weighted by Crippen LogP contribution is -2.20. The fourth-order valence-corrected chi connectivity index (χ4v) is 1.04. The average molecular weight is 191 g/mol. The second-order valence-corrected chi connectivity index (χ2v) is 2.69. The van der Waals surface area contributed by atoms with Gasteiger partial charge in [-0.25, -0.2) is 4.79 Å². The Morgan fingerprint density at radius 3 is 2.93 bits per heavy atom. The van der Waals surface area contributed by atoms with Crippen molar-refractivity contribution in [3.8, 4) is 6.07 Å². The maximum absolute atomic E-state index is 10.2. The molecule has 1 rings (SSSR count). The van der Waals surface area contributed by atoms with E-state index in [4.69, 9.17) is 16.1 Å². The lowest BCUT2D eigenvalue weighted by molar-refractivity contribution is 0.194. The summed E-state index contributed by atoms with van der Waals surface area (Å²) in [6.45, 7) is 0.0866. The van der Waals surface area contributed by atoms with Crippen LogP contribution in [0, 0.1) is 11.3 Å². The fourth-order valence-electron chi connectivity index (χ4n) is 1.04. The van der Waals surface area contributed by atoms with E-state index in [1.165, 1.54) is 0 Å². The fraction of sp³-hybridized carbons (Fsp3) is 0.111. The summed E-state index contributed by atoms with van der Waals surface area (Å²) < 4.78 is 0. The van der Waals surface area contributed by atoms with E-state index in [2.05, 4.69) is 5.32 Å². The molecule has 0 bridgehead atoms. The second-order valence-electron chi connectivity index (χ2n) is 2.69. The Hall–Kier alpha value is -2.22. The van der Waals surface area contributed by atoms with Gasteiger partial charge in [0.2, 0.25) is 0 Å². The van der Waals surface area contributed by atoms with Crippen LogP contribution in [0.4, 0.5) is 10.5 Å². The number of nitrogen functional groups attached to an aromatic ring is 1. The largest absolute Gasteiger partial charge is 0.465 e. The van der Waals surface area contributed by atoms with Crippen molar-refractivity contribution in [1.29, 1.82) is 5.26 Å². The maximum atomic E-state index is 10.2. The highest BCUT2D eigenvalue weighted by Crippen LogP contribution is 2.12. The molecule has 14 heavy (non-hydrogen) atoms. The zero-order chi connectivity index (χ0) is 10.6. The molecule has 5 heteroatoms. The molecular weight excluding hydrogens is 182 g/mol. The van der Waals surface area contributed by atoms with Crippen LogP contribution in [0.25, 0.3) is 0 Å². The van der Waals surface area contributed by atoms with Gasteiger partial charge in [0.05, 0.1) is 11.6 Å². The predicted molar refractivity (Wildman–Crippen MR) is 50.4 cm³/mol. The molecular formula is C9H9N3O2. The molecule has 0 radical (unpaired) electrons. The quantitative estimate of drug-likeness (QED) is 0.605. The molecule has 0 saturated carbocycles. The minimum absolute atomic E-state index is 0.0866. The van der Waals surface area contributed by atoms with Gasteiger partial charge in [0, 0.05) is 12.2 Å². The van der Waals surface area contributed by atoms with Gasteiger partial charge in [-0.3, -0.25) is 0 Å². The van der Waals surface area contributed by atoms with E-state index in [9.17, 15) is 4.79 Å². The van der Waals surface area contributed by atoms with E-state index in [1.807, 2.05) is 6.07 Å². The number of hydrogen-bond donors (Lipinski definition) is 3. The number of carboxylic acid groups (broad SMARTS) is 1. The lowest BCUT2D eigenvalue weighted by atomic mass is 10.1. The third-order valence-electron chi connectivity index (χ3n) is 1.68. The van der Waals surface area contributed by atoms with Crippen molar-refractivity contribution in [2.75, 3.05) is 5.73 Å². The first-order valence-electron chi connectivity index (χ1n) is 3.89. The van der Waals surface area contributed by atoms with E-state index < -0.39 is 6.09 Å². The van der Waals surface area contributed by atoms with Crippen LogP contribution in [-0.4, -0.2) is 11.2 Å². The summed E-state index contributed by atoms with van der Waals surface area (Å²) in [6, 6.07) is 6.70. The molecule has 0 spiro atoms. The molecule has 0 aliphatic heterocycles. The highest BCUT2D eigenvalue weighted by Gasteiger charge is 2.03. The number of carbonyl (C=O) groups is 1. The molecule has 1 aromatic carbocycles. The molecule has 0 fully saturated rings. The summed E-state index contributed by atoms with van der Waals surface area (Å²) in [5, 5.41) is 19.3. The van der Waals surface area contributed by atoms with Crippen LogP contribution in [0.3, 0.4) is 0 Å². The molecule has 1 amide bonds. The Kier molecular flexibility index (Phi) is 2.92. The minimum Gasteiger partial charge on any atom is -0.465 e. The van der Waals surface area contributed by atoms with Crippen LogP contribution in [0.1, 0.15) is 11.1 Å². The Bertz CT molecular complexity index is 396. The SMILES string of the molecule is N#Cc1ccc(N)cc1CNC(=O)O. The van der Waals surface area contributed by atoms with E-state index in [-0.39, 0.29) is 6.54 Å². The summed E-state index contributed by atoms with van der Waals surface area (Å²) in [7, 11) is 0. The van der Waals surface area contributed by atoms with Crippen molar-refractivity contribution in [1.82, 2.24) is 5.32 Å². The van der Waals surface area contributed by atoms with Crippen LogP contribution < -0.4 is 11.1 Å². The molecule has 0 saturated heterocycles. The highest BCUT2D eigenvalue weighted by molar-refractivity contribution is 5.64. The van der Waals surface area contributed by atoms with E-state index in [0.717, 1.165) is 0 Å². The van der Waals surface area contributed by atoms with E-state index >= 15 is 0 Å². The molecule has 0 aliphatic carbocycles. The van der Waals surface area contributed by atoms with Crippen molar-refractivity contribution >= 4 is 11.8 Å². The molecule has 0 aliphatic rings. The van der Waals surface area contributed by atoms with Gasteiger partial charge in [0.15, 0.2) is 0 Å². The minimum atomic E-state index is -1.13. The third-order valence-corrected chi connectivity index (χ3v) is 1.68. The van der Waals surface area contributed by atoms with Crippen molar-refractivity contribution in [3.63, 3.8) is 0 Å². The zero-order valence-electron chi connectivity index (χ0n) is 7.32. The summed E-state index contributed by atoms with van der Waals surface area (Å²) in [6.07, 6.45) is -1.13. The Morgan fingerprint density at radius 1 is 1.64 bits per heavy atom. The topological polar surface area (TPSA) is 99.1 Å². The predicted octanol–water partition coefficient (Wildman–Crippen LogP) is 0.908. The van der Waals surface area contributed by atoms with Crippen molar-refractivity contribution < 1.29 is 9.90 Å². The summed E-state index contributed by atoms with van der Waals surface area (Å²) in [5.74, 6) is 0. The van der Waals surface area contributed by atoms with Crippen LogP contribution in [0.15, 0.2) is 18.2 Å². The van der Waals surface area contributed by atoms with Gasteiger partial charge in [-0.05, 0) is 23.8 Å². The first-order chi connectivity index (χ1) is 6.63. The van der Waals surface area contributed by atoms with Gasteiger partial charge in [-0.2, -0.15) is 5.26 Å². The molecule has 0 aromatic heterocycles.